The van der Waals surface area contributed by atoms with Gasteiger partial charge < -0.3 is 4.90 Å². The summed E-state index contributed by atoms with van der Waals surface area (Å²) in [7, 11) is -2.01. The monoisotopic (exact) mass is 388 g/mol. The van der Waals surface area contributed by atoms with Crippen molar-refractivity contribution in [1.82, 2.24) is 9.62 Å². The van der Waals surface area contributed by atoms with Gasteiger partial charge >= 0.3 is 0 Å². The second kappa shape index (κ2) is 9.80. The van der Waals surface area contributed by atoms with Crippen molar-refractivity contribution in [1.29, 1.82) is 0 Å². The van der Waals surface area contributed by atoms with Gasteiger partial charge in [0.05, 0.1) is 0 Å². The van der Waals surface area contributed by atoms with Gasteiger partial charge in [-0.25, -0.2) is 17.5 Å². The van der Waals surface area contributed by atoms with Gasteiger partial charge in [0.25, 0.3) is 0 Å². The molecule has 0 fully saturated rings. The minimum absolute atomic E-state index is 0.0914. The third-order valence-electron chi connectivity index (χ3n) is 3.65. The summed E-state index contributed by atoms with van der Waals surface area (Å²) in [6.07, 6.45) is 4.44. The van der Waals surface area contributed by atoms with Crippen molar-refractivity contribution >= 4 is 28.1 Å². The van der Waals surface area contributed by atoms with E-state index in [1.807, 2.05) is 18.2 Å². The van der Waals surface area contributed by atoms with Gasteiger partial charge in [0.1, 0.15) is 5.82 Å². The average Bonchev–Trinajstić information content (AvgIpc) is 2.66. The molecule has 0 aromatic heterocycles. The van der Waals surface area contributed by atoms with E-state index in [0.29, 0.717) is 5.56 Å². The lowest BCUT2D eigenvalue weighted by atomic mass is 10.2. The largest absolute Gasteiger partial charge is 0.341 e. The Kier molecular flexibility index (Phi) is 7.45. The molecule has 2 aromatic rings. The summed E-state index contributed by atoms with van der Waals surface area (Å²) in [5.41, 5.74) is 1.48. The van der Waals surface area contributed by atoms with E-state index >= 15 is 0 Å². The second-order valence-electron chi connectivity index (χ2n) is 5.80. The van der Waals surface area contributed by atoms with Crippen molar-refractivity contribution < 1.29 is 17.6 Å². The van der Waals surface area contributed by atoms with E-state index in [0.717, 1.165) is 11.0 Å². The van der Waals surface area contributed by atoms with E-state index < -0.39 is 10.0 Å². The van der Waals surface area contributed by atoms with E-state index in [1.165, 1.54) is 29.2 Å². The molecule has 0 unspecified atom stereocenters. The first-order valence-electron chi connectivity index (χ1n) is 8.27. The number of carbonyl (C=O) groups excluding carboxylic acids is 1. The van der Waals surface area contributed by atoms with E-state index in [9.17, 15) is 17.6 Å². The fourth-order valence-corrected chi connectivity index (χ4v) is 2.92. The molecular weight excluding hydrogens is 367 g/mol. The number of nitrogens with zero attached hydrogens (tertiary/aromatic N) is 1. The Morgan fingerprint density at radius 2 is 1.67 bits per heavy atom. The first-order valence-corrected chi connectivity index (χ1v) is 9.82. The first kappa shape index (κ1) is 20.5. The van der Waals surface area contributed by atoms with Crippen LogP contribution in [0.15, 0.2) is 66.1 Å². The van der Waals surface area contributed by atoms with Crippen molar-refractivity contribution in [3.8, 4) is 0 Å². The molecule has 5 nitrogen and oxygen atoms in total. The highest BCUT2D eigenvalue weighted by Gasteiger charge is 2.08. The van der Waals surface area contributed by atoms with Gasteiger partial charge in [-0.15, -0.1) is 0 Å². The third-order valence-corrected chi connectivity index (χ3v) is 4.76. The van der Waals surface area contributed by atoms with Crippen LogP contribution in [0, 0.1) is 5.82 Å². The molecule has 0 saturated carbocycles. The van der Waals surface area contributed by atoms with Gasteiger partial charge in [-0.2, -0.15) is 0 Å². The van der Waals surface area contributed by atoms with Crippen LogP contribution in [-0.4, -0.2) is 39.4 Å². The highest BCUT2D eigenvalue weighted by Crippen LogP contribution is 2.05. The summed E-state index contributed by atoms with van der Waals surface area (Å²) >= 11 is 0. The molecule has 0 bridgehead atoms. The van der Waals surface area contributed by atoms with Crippen molar-refractivity contribution in [3.63, 3.8) is 0 Å². The fraction of sp³-hybridized carbons (Fsp3) is 0.150. The highest BCUT2D eigenvalue weighted by atomic mass is 32.2. The molecule has 1 amide bonds. The number of benzene rings is 2. The second-order valence-corrected chi connectivity index (χ2v) is 7.45. The molecular formula is C20H21FN2O3S. The Bertz CT molecular complexity index is 908. The summed E-state index contributed by atoms with van der Waals surface area (Å²) in [4.78, 5) is 13.4. The van der Waals surface area contributed by atoms with Crippen LogP contribution in [0.5, 0.6) is 0 Å². The summed E-state index contributed by atoms with van der Waals surface area (Å²) in [5, 5.41) is 1.10. The Morgan fingerprint density at radius 3 is 2.33 bits per heavy atom. The molecule has 1 N–H and O–H groups in total. The molecule has 2 aromatic carbocycles. The number of carbonyl (C=O) groups is 1. The number of hydrogen-bond donors (Lipinski definition) is 1. The number of nitrogens with one attached hydrogen (secondary N) is 1. The van der Waals surface area contributed by atoms with Gasteiger partial charge in [-0.1, -0.05) is 42.5 Å². The number of halogens is 1. The van der Waals surface area contributed by atoms with Crippen molar-refractivity contribution in [3.05, 3.63) is 83.0 Å². The molecule has 27 heavy (non-hydrogen) atoms. The fourth-order valence-electron chi connectivity index (χ4n) is 2.11. The Morgan fingerprint density at radius 1 is 1.04 bits per heavy atom. The summed E-state index contributed by atoms with van der Waals surface area (Å²) in [5.74, 6) is -0.623. The maximum atomic E-state index is 12.8. The standard InChI is InChI=1S/C20H21FN2O3S/c1-23(20(24)12-9-18-7-10-19(21)11-8-18)15-14-22-27(25,26)16-13-17-5-3-2-4-6-17/h2-13,16,22H,14-15H2,1H3/b12-9+,16-13+. The zero-order chi connectivity index (χ0) is 19.7. The maximum Gasteiger partial charge on any atom is 0.246 e. The van der Waals surface area contributed by atoms with Gasteiger partial charge in [-0.3, -0.25) is 4.79 Å². The van der Waals surface area contributed by atoms with Crippen LogP contribution in [0.4, 0.5) is 4.39 Å². The molecule has 0 aliphatic carbocycles. The van der Waals surface area contributed by atoms with Crippen LogP contribution in [0.1, 0.15) is 11.1 Å². The van der Waals surface area contributed by atoms with E-state index in [1.54, 1.807) is 37.4 Å². The van der Waals surface area contributed by atoms with Crippen LogP contribution >= 0.6 is 0 Å². The lowest BCUT2D eigenvalue weighted by molar-refractivity contribution is -0.124. The summed E-state index contributed by atoms with van der Waals surface area (Å²) in [6, 6.07) is 14.8. The number of amides is 1. The quantitative estimate of drug-likeness (QED) is 0.707. The van der Waals surface area contributed by atoms with Crippen LogP contribution < -0.4 is 4.72 Å². The first-order chi connectivity index (χ1) is 12.9. The zero-order valence-electron chi connectivity index (χ0n) is 14.9. The van der Waals surface area contributed by atoms with Crippen LogP contribution in [0.25, 0.3) is 12.2 Å². The van der Waals surface area contributed by atoms with Gasteiger partial charge in [-0.05, 0) is 35.4 Å². The average molecular weight is 388 g/mol. The maximum absolute atomic E-state index is 12.8. The van der Waals surface area contributed by atoms with Crippen molar-refractivity contribution in [2.45, 2.75) is 0 Å². The predicted molar refractivity (Wildman–Crippen MR) is 105 cm³/mol. The van der Waals surface area contributed by atoms with Crippen LogP contribution in [-0.2, 0) is 14.8 Å². The minimum atomic E-state index is -3.58. The number of likely N-dealkylation sites (N-methyl/N-ethyl adjacent to an activating group) is 1. The Hall–Kier alpha value is -2.77. The predicted octanol–water partition coefficient (Wildman–Crippen LogP) is 2.89. The van der Waals surface area contributed by atoms with Gasteiger partial charge in [0.15, 0.2) is 0 Å². The molecule has 0 atom stereocenters. The van der Waals surface area contributed by atoms with Crippen LogP contribution in [0.3, 0.4) is 0 Å². The van der Waals surface area contributed by atoms with Gasteiger partial charge in [0.2, 0.25) is 15.9 Å². The molecule has 0 aliphatic heterocycles. The van der Waals surface area contributed by atoms with E-state index in [4.69, 9.17) is 0 Å². The number of sulfonamides is 1. The molecule has 0 aliphatic rings. The van der Waals surface area contributed by atoms with E-state index in [-0.39, 0.29) is 24.8 Å². The molecule has 0 heterocycles. The molecule has 142 valence electrons. The molecule has 0 radical (unpaired) electrons. The number of hydrogen-bond acceptors (Lipinski definition) is 3. The molecule has 0 saturated heterocycles. The SMILES string of the molecule is CN(CCNS(=O)(=O)/C=C/c1ccccc1)C(=O)/C=C/c1ccc(F)cc1. The lowest BCUT2D eigenvalue weighted by Crippen LogP contribution is -2.34. The minimum Gasteiger partial charge on any atom is -0.341 e. The van der Waals surface area contributed by atoms with E-state index in [2.05, 4.69) is 4.72 Å². The Labute approximate surface area is 158 Å². The number of rotatable bonds is 8. The summed E-state index contributed by atoms with van der Waals surface area (Å²) in [6.45, 7) is 0.305. The topological polar surface area (TPSA) is 66.5 Å². The smallest absolute Gasteiger partial charge is 0.246 e. The Balaban J connectivity index is 1.80. The summed E-state index contributed by atoms with van der Waals surface area (Å²) < 4.78 is 39.2. The molecule has 2 rings (SSSR count). The van der Waals surface area contributed by atoms with Crippen molar-refractivity contribution in [2.75, 3.05) is 20.1 Å². The third kappa shape index (κ3) is 7.55. The normalized spacial score (nSPS) is 11.9. The highest BCUT2D eigenvalue weighted by molar-refractivity contribution is 7.92. The zero-order valence-corrected chi connectivity index (χ0v) is 15.7. The van der Waals surface area contributed by atoms with Crippen molar-refractivity contribution in [2.24, 2.45) is 0 Å². The van der Waals surface area contributed by atoms with Crippen LogP contribution in [0.2, 0.25) is 0 Å². The van der Waals surface area contributed by atoms with Gasteiger partial charge in [0, 0.05) is 31.6 Å². The lowest BCUT2D eigenvalue weighted by Gasteiger charge is -2.15. The molecule has 7 heteroatoms. The molecule has 0 spiro atoms.